The Balaban J connectivity index is 1.96. The zero-order valence-corrected chi connectivity index (χ0v) is 13.0. The van der Waals surface area contributed by atoms with E-state index in [0.717, 1.165) is 6.07 Å². The summed E-state index contributed by atoms with van der Waals surface area (Å²) < 4.78 is 30.1. The highest BCUT2D eigenvalue weighted by molar-refractivity contribution is 6.04. The molecule has 0 bridgehead atoms. The molecule has 0 spiro atoms. The zero-order chi connectivity index (χ0) is 17.3. The van der Waals surface area contributed by atoms with E-state index in [0.29, 0.717) is 11.4 Å². The normalized spacial score (nSPS) is 10.8. The van der Waals surface area contributed by atoms with Gasteiger partial charge in [0.2, 0.25) is 5.88 Å². The van der Waals surface area contributed by atoms with E-state index in [4.69, 9.17) is 13.9 Å². The molecule has 3 aromatic rings. The van der Waals surface area contributed by atoms with Crippen LogP contribution in [0.1, 0.15) is 21.7 Å². The lowest BCUT2D eigenvalue weighted by atomic mass is 10.1. The number of aromatic carboxylic acids is 1. The summed E-state index contributed by atoms with van der Waals surface area (Å²) in [7, 11) is 1.48. The van der Waals surface area contributed by atoms with Crippen LogP contribution in [0.3, 0.4) is 0 Å². The molecule has 0 atom stereocenters. The van der Waals surface area contributed by atoms with E-state index in [2.05, 4.69) is 4.98 Å². The largest absolute Gasteiger partial charge is 0.486 e. The molecule has 0 aliphatic rings. The third-order valence-corrected chi connectivity index (χ3v) is 3.56. The maximum Gasteiger partial charge on any atom is 0.339 e. The van der Waals surface area contributed by atoms with Crippen LogP contribution >= 0.6 is 0 Å². The molecule has 0 unspecified atom stereocenters. The number of benzene rings is 1. The van der Waals surface area contributed by atoms with Crippen molar-refractivity contribution in [3.05, 3.63) is 53.2 Å². The van der Waals surface area contributed by atoms with Gasteiger partial charge < -0.3 is 19.0 Å². The fourth-order valence-electron chi connectivity index (χ4n) is 2.47. The van der Waals surface area contributed by atoms with Gasteiger partial charge in [-0.2, -0.15) is 0 Å². The lowest BCUT2D eigenvalue weighted by molar-refractivity contribution is 0.0697. The van der Waals surface area contributed by atoms with Crippen molar-refractivity contribution in [2.75, 3.05) is 7.11 Å². The Morgan fingerprint density at radius 1 is 1.42 bits per heavy atom. The number of methoxy groups -OCH3 is 1. The second kappa shape index (κ2) is 6.19. The number of ether oxygens (including phenoxy) is 2. The van der Waals surface area contributed by atoms with Crippen LogP contribution in [0.5, 0.6) is 11.6 Å². The molecule has 6 nitrogen and oxygen atoms in total. The number of furan rings is 1. The number of aromatic nitrogens is 1. The molecule has 124 valence electrons. The predicted molar refractivity (Wildman–Crippen MR) is 83.0 cm³/mol. The molecule has 0 aliphatic heterocycles. The molecule has 3 rings (SSSR count). The number of carboxylic acid groups (broad SMARTS) is 1. The predicted octanol–water partition coefficient (Wildman–Crippen LogP) is 3.56. The van der Waals surface area contributed by atoms with Crippen molar-refractivity contribution in [1.82, 2.24) is 4.98 Å². The summed E-state index contributed by atoms with van der Waals surface area (Å²) in [5, 5.41) is 9.56. The second-order valence-corrected chi connectivity index (χ2v) is 5.08. The molecule has 2 aromatic heterocycles. The van der Waals surface area contributed by atoms with Crippen LogP contribution in [0, 0.1) is 12.7 Å². The maximum atomic E-state index is 14.2. The molecule has 0 aliphatic carbocycles. The molecule has 0 fully saturated rings. The topological polar surface area (TPSA) is 81.8 Å². The summed E-state index contributed by atoms with van der Waals surface area (Å²) in [6.45, 7) is 1.54. The van der Waals surface area contributed by atoms with Gasteiger partial charge >= 0.3 is 5.97 Å². The van der Waals surface area contributed by atoms with E-state index in [9.17, 15) is 14.3 Å². The highest BCUT2D eigenvalue weighted by Gasteiger charge is 2.20. The van der Waals surface area contributed by atoms with Gasteiger partial charge in [0, 0.05) is 17.6 Å². The van der Waals surface area contributed by atoms with Gasteiger partial charge in [-0.15, -0.1) is 0 Å². The minimum Gasteiger partial charge on any atom is -0.486 e. The fraction of sp³-hybridized carbons (Fsp3) is 0.176. The van der Waals surface area contributed by atoms with Crippen molar-refractivity contribution in [3.63, 3.8) is 0 Å². The first kappa shape index (κ1) is 15.8. The van der Waals surface area contributed by atoms with Crippen molar-refractivity contribution in [2.24, 2.45) is 0 Å². The van der Waals surface area contributed by atoms with Crippen LogP contribution in [0.25, 0.3) is 11.0 Å². The standard InChI is InChI=1S/C17H14FNO5/c1-9-15(17(20)21)11-6-14(12(18)7-13(11)24-9)23-8-10-4-3-5-19-16(10)22-2/h3-7H,8H2,1-2H3,(H,20,21). The maximum absolute atomic E-state index is 14.2. The van der Waals surface area contributed by atoms with E-state index in [-0.39, 0.29) is 34.6 Å². The molecule has 0 amide bonds. The number of carboxylic acids is 1. The molecule has 7 heteroatoms. The molecule has 0 saturated heterocycles. The lowest BCUT2D eigenvalue weighted by Gasteiger charge is -2.10. The summed E-state index contributed by atoms with van der Waals surface area (Å²) in [6, 6.07) is 5.90. The number of nitrogens with zero attached hydrogens (tertiary/aromatic N) is 1. The molecular weight excluding hydrogens is 317 g/mol. The van der Waals surface area contributed by atoms with Gasteiger partial charge in [-0.05, 0) is 25.1 Å². The molecule has 24 heavy (non-hydrogen) atoms. The smallest absolute Gasteiger partial charge is 0.339 e. The first-order valence-electron chi connectivity index (χ1n) is 7.08. The van der Waals surface area contributed by atoms with Crippen LogP contribution in [0.4, 0.5) is 4.39 Å². The molecule has 2 heterocycles. The van der Waals surface area contributed by atoms with Crippen molar-refractivity contribution in [1.29, 1.82) is 0 Å². The van der Waals surface area contributed by atoms with Gasteiger partial charge in [0.05, 0.1) is 12.7 Å². The molecule has 1 N–H and O–H groups in total. The van der Waals surface area contributed by atoms with Gasteiger partial charge in [-0.25, -0.2) is 14.2 Å². The Hall–Kier alpha value is -3.09. The lowest BCUT2D eigenvalue weighted by Crippen LogP contribution is -2.02. The average Bonchev–Trinajstić information content (AvgIpc) is 2.87. The van der Waals surface area contributed by atoms with Crippen molar-refractivity contribution >= 4 is 16.9 Å². The van der Waals surface area contributed by atoms with Crippen LogP contribution in [0.15, 0.2) is 34.9 Å². The fourth-order valence-corrected chi connectivity index (χ4v) is 2.47. The number of hydrogen-bond acceptors (Lipinski definition) is 5. The highest BCUT2D eigenvalue weighted by atomic mass is 19.1. The summed E-state index contributed by atoms with van der Waals surface area (Å²) in [4.78, 5) is 15.4. The zero-order valence-electron chi connectivity index (χ0n) is 13.0. The molecule has 0 radical (unpaired) electrons. The summed E-state index contributed by atoms with van der Waals surface area (Å²) in [6.07, 6.45) is 1.57. The van der Waals surface area contributed by atoms with Crippen molar-refractivity contribution in [2.45, 2.75) is 13.5 Å². The van der Waals surface area contributed by atoms with Crippen molar-refractivity contribution in [3.8, 4) is 11.6 Å². The SMILES string of the molecule is COc1ncccc1COc1cc2c(C(=O)O)c(C)oc2cc1F. The molecule has 1 aromatic carbocycles. The van der Waals surface area contributed by atoms with E-state index < -0.39 is 11.8 Å². The minimum atomic E-state index is -1.14. The van der Waals surface area contributed by atoms with Gasteiger partial charge in [-0.1, -0.05) is 0 Å². The quantitative estimate of drug-likeness (QED) is 0.770. The summed E-state index contributed by atoms with van der Waals surface area (Å²) in [5.41, 5.74) is 0.795. The van der Waals surface area contributed by atoms with Gasteiger partial charge in [0.25, 0.3) is 0 Å². The number of carbonyl (C=O) groups is 1. The van der Waals surface area contributed by atoms with Crippen LogP contribution in [-0.2, 0) is 6.61 Å². The van der Waals surface area contributed by atoms with E-state index in [1.165, 1.54) is 20.1 Å². The molecule has 0 saturated carbocycles. The summed E-state index contributed by atoms with van der Waals surface area (Å²) in [5.74, 6) is -1.27. The number of aryl methyl sites for hydroxylation is 1. The Labute approximate surface area is 136 Å². The van der Waals surface area contributed by atoms with E-state index in [1.807, 2.05) is 0 Å². The highest BCUT2D eigenvalue weighted by Crippen LogP contribution is 2.32. The Morgan fingerprint density at radius 3 is 2.92 bits per heavy atom. The van der Waals surface area contributed by atoms with Gasteiger partial charge in [-0.3, -0.25) is 0 Å². The second-order valence-electron chi connectivity index (χ2n) is 5.08. The van der Waals surface area contributed by atoms with E-state index in [1.54, 1.807) is 18.3 Å². The Morgan fingerprint density at radius 2 is 2.21 bits per heavy atom. The van der Waals surface area contributed by atoms with Crippen LogP contribution in [-0.4, -0.2) is 23.2 Å². The van der Waals surface area contributed by atoms with E-state index >= 15 is 0 Å². The molecular formula is C17H14FNO5. The Bertz CT molecular complexity index is 919. The third kappa shape index (κ3) is 2.76. The number of pyridine rings is 1. The first-order valence-corrected chi connectivity index (χ1v) is 7.08. The first-order chi connectivity index (χ1) is 11.5. The van der Waals surface area contributed by atoms with Crippen molar-refractivity contribution < 1.29 is 28.2 Å². The number of halogens is 1. The minimum absolute atomic E-state index is 0.00573. The Kier molecular flexibility index (Phi) is 4.07. The third-order valence-electron chi connectivity index (χ3n) is 3.56. The number of hydrogen-bond donors (Lipinski definition) is 1. The monoisotopic (exact) mass is 331 g/mol. The van der Waals surface area contributed by atoms with Crippen LogP contribution < -0.4 is 9.47 Å². The number of rotatable bonds is 5. The summed E-state index contributed by atoms with van der Waals surface area (Å²) >= 11 is 0. The average molecular weight is 331 g/mol. The van der Waals surface area contributed by atoms with Gasteiger partial charge in [0.1, 0.15) is 23.5 Å². The number of fused-ring (bicyclic) bond motifs is 1. The van der Waals surface area contributed by atoms with Crippen LogP contribution in [0.2, 0.25) is 0 Å². The van der Waals surface area contributed by atoms with Gasteiger partial charge in [0.15, 0.2) is 11.6 Å².